The van der Waals surface area contributed by atoms with E-state index in [-0.39, 0.29) is 15.6 Å². The van der Waals surface area contributed by atoms with Crippen LogP contribution in [-0.2, 0) is 16.4 Å². The van der Waals surface area contributed by atoms with Crippen molar-refractivity contribution in [2.24, 2.45) is 0 Å². The summed E-state index contributed by atoms with van der Waals surface area (Å²) in [5.41, 5.74) is 0.774. The first-order chi connectivity index (χ1) is 12.0. The number of carbonyl (C=O) groups excluding carboxylic acids is 1. The van der Waals surface area contributed by atoms with E-state index in [0.717, 1.165) is 29.7 Å². The Bertz CT molecular complexity index is 858. The molecule has 1 amide bonds. The van der Waals surface area contributed by atoms with Gasteiger partial charge in [-0.05, 0) is 48.4 Å². The number of carbonyl (C=O) groups is 1. The quantitative estimate of drug-likeness (QED) is 0.835. The number of sulfonamides is 1. The molecule has 1 aliphatic rings. The van der Waals surface area contributed by atoms with Gasteiger partial charge in [0, 0.05) is 19.6 Å². The molecule has 0 radical (unpaired) electrons. The zero-order chi connectivity index (χ0) is 17.9. The van der Waals surface area contributed by atoms with Crippen molar-refractivity contribution < 1.29 is 17.6 Å². The predicted molar refractivity (Wildman–Crippen MR) is 94.7 cm³/mol. The van der Waals surface area contributed by atoms with Gasteiger partial charge in [-0.1, -0.05) is 12.1 Å². The lowest BCUT2D eigenvalue weighted by molar-refractivity contribution is 0.0955. The van der Waals surface area contributed by atoms with Crippen LogP contribution in [0.2, 0.25) is 0 Å². The molecule has 1 aromatic carbocycles. The van der Waals surface area contributed by atoms with Crippen molar-refractivity contribution in [3.8, 4) is 0 Å². The van der Waals surface area contributed by atoms with Gasteiger partial charge in [-0.25, -0.2) is 12.8 Å². The Morgan fingerprint density at radius 1 is 1.24 bits per heavy atom. The number of nitrogens with one attached hydrogen (secondary N) is 1. The van der Waals surface area contributed by atoms with Crippen molar-refractivity contribution in [1.82, 2.24) is 9.62 Å². The Hall–Kier alpha value is -1.77. The molecule has 0 saturated carbocycles. The summed E-state index contributed by atoms with van der Waals surface area (Å²) in [5.74, 6) is -0.731. The van der Waals surface area contributed by atoms with Crippen molar-refractivity contribution in [3.05, 3.63) is 52.0 Å². The van der Waals surface area contributed by atoms with Gasteiger partial charge in [-0.2, -0.15) is 4.31 Å². The van der Waals surface area contributed by atoms with Gasteiger partial charge in [0.25, 0.3) is 5.91 Å². The summed E-state index contributed by atoms with van der Waals surface area (Å²) in [6.07, 6.45) is 2.17. The average molecular weight is 382 g/mol. The molecule has 2 heterocycles. The van der Waals surface area contributed by atoms with Crippen molar-refractivity contribution in [1.29, 1.82) is 0 Å². The van der Waals surface area contributed by atoms with Gasteiger partial charge in [-0.3, -0.25) is 4.79 Å². The molecule has 1 aliphatic heterocycles. The summed E-state index contributed by atoms with van der Waals surface area (Å²) in [7, 11) is -3.62. The Kier molecular flexibility index (Phi) is 5.51. The van der Waals surface area contributed by atoms with Gasteiger partial charge < -0.3 is 5.32 Å². The van der Waals surface area contributed by atoms with Gasteiger partial charge in [0.2, 0.25) is 10.0 Å². The van der Waals surface area contributed by atoms with E-state index in [0.29, 0.717) is 26.1 Å². The summed E-state index contributed by atoms with van der Waals surface area (Å²) < 4.78 is 39.9. The molecule has 1 N–H and O–H groups in total. The van der Waals surface area contributed by atoms with Crippen LogP contribution in [-0.4, -0.2) is 38.3 Å². The van der Waals surface area contributed by atoms with Crippen LogP contribution in [0.3, 0.4) is 0 Å². The number of hydrogen-bond donors (Lipinski definition) is 1. The molecular weight excluding hydrogens is 363 g/mol. The predicted octanol–water partition coefficient (Wildman–Crippen LogP) is 2.64. The molecule has 0 aliphatic carbocycles. The standard InChI is InChI=1S/C17H19FN2O3S2/c18-14-5-3-4-13(12-14)6-8-19-17(21)16-15(7-11-24-16)25(22,23)20-9-1-2-10-20/h3-5,7,11-12H,1-2,6,8-10H2,(H,19,21). The minimum absolute atomic E-state index is 0.0719. The Labute approximate surface area is 150 Å². The van der Waals surface area contributed by atoms with E-state index in [4.69, 9.17) is 0 Å². The molecule has 1 aromatic heterocycles. The first kappa shape index (κ1) is 18.0. The number of thiophene rings is 1. The van der Waals surface area contributed by atoms with Crippen molar-refractivity contribution >= 4 is 27.3 Å². The number of hydrogen-bond acceptors (Lipinski definition) is 4. The highest BCUT2D eigenvalue weighted by Crippen LogP contribution is 2.27. The highest BCUT2D eigenvalue weighted by atomic mass is 32.2. The minimum atomic E-state index is -3.62. The van der Waals surface area contributed by atoms with Crippen LogP contribution in [0.1, 0.15) is 28.1 Å². The van der Waals surface area contributed by atoms with Gasteiger partial charge in [0.15, 0.2) is 0 Å². The fourth-order valence-electron chi connectivity index (χ4n) is 2.83. The van der Waals surface area contributed by atoms with Crippen LogP contribution < -0.4 is 5.32 Å². The Balaban J connectivity index is 1.66. The van der Waals surface area contributed by atoms with E-state index in [1.807, 2.05) is 0 Å². The van der Waals surface area contributed by atoms with Gasteiger partial charge in [0.1, 0.15) is 15.6 Å². The lowest BCUT2D eigenvalue weighted by Gasteiger charge is -2.15. The molecular formula is C17H19FN2O3S2. The molecule has 3 rings (SSSR count). The first-order valence-corrected chi connectivity index (χ1v) is 10.4. The van der Waals surface area contributed by atoms with E-state index < -0.39 is 15.9 Å². The van der Waals surface area contributed by atoms with Gasteiger partial charge in [-0.15, -0.1) is 11.3 Å². The van der Waals surface area contributed by atoms with Crippen molar-refractivity contribution in [3.63, 3.8) is 0 Å². The number of benzene rings is 1. The number of halogens is 1. The smallest absolute Gasteiger partial charge is 0.262 e. The van der Waals surface area contributed by atoms with Gasteiger partial charge >= 0.3 is 0 Å². The zero-order valence-electron chi connectivity index (χ0n) is 13.6. The van der Waals surface area contributed by atoms with Gasteiger partial charge in [0.05, 0.1) is 0 Å². The van der Waals surface area contributed by atoms with Crippen LogP contribution in [0, 0.1) is 5.82 Å². The summed E-state index contributed by atoms with van der Waals surface area (Å²) in [5, 5.41) is 4.34. The third-order valence-corrected chi connectivity index (χ3v) is 7.09. The normalized spacial score (nSPS) is 15.4. The highest BCUT2D eigenvalue weighted by Gasteiger charge is 2.31. The molecule has 5 nitrogen and oxygen atoms in total. The maximum Gasteiger partial charge on any atom is 0.262 e. The van der Waals surface area contributed by atoms with Crippen LogP contribution >= 0.6 is 11.3 Å². The first-order valence-electron chi connectivity index (χ1n) is 8.09. The summed E-state index contributed by atoms with van der Waals surface area (Å²) in [6, 6.07) is 7.67. The van der Waals surface area contributed by atoms with Crippen LogP contribution in [0.25, 0.3) is 0 Å². The molecule has 25 heavy (non-hydrogen) atoms. The molecule has 8 heteroatoms. The maximum absolute atomic E-state index is 13.2. The Morgan fingerprint density at radius 3 is 2.72 bits per heavy atom. The van der Waals surface area contributed by atoms with E-state index in [1.165, 1.54) is 22.5 Å². The fourth-order valence-corrected chi connectivity index (χ4v) is 5.66. The molecule has 2 aromatic rings. The fraction of sp³-hybridized carbons (Fsp3) is 0.353. The second kappa shape index (κ2) is 7.63. The number of rotatable bonds is 6. The summed E-state index contributed by atoms with van der Waals surface area (Å²) in [6.45, 7) is 1.31. The largest absolute Gasteiger partial charge is 0.351 e. The van der Waals surface area contributed by atoms with E-state index in [1.54, 1.807) is 17.5 Å². The molecule has 0 bridgehead atoms. The second-order valence-corrected chi connectivity index (χ2v) is 8.68. The van der Waals surface area contributed by atoms with Crippen molar-refractivity contribution in [2.45, 2.75) is 24.2 Å². The second-order valence-electron chi connectivity index (χ2n) is 5.86. The third kappa shape index (κ3) is 4.08. The van der Waals surface area contributed by atoms with E-state index in [9.17, 15) is 17.6 Å². The summed E-state index contributed by atoms with van der Waals surface area (Å²) >= 11 is 1.11. The lowest BCUT2D eigenvalue weighted by atomic mass is 10.1. The maximum atomic E-state index is 13.2. The molecule has 1 fully saturated rings. The monoisotopic (exact) mass is 382 g/mol. The van der Waals surface area contributed by atoms with Crippen LogP contribution in [0.5, 0.6) is 0 Å². The highest BCUT2D eigenvalue weighted by molar-refractivity contribution is 7.89. The zero-order valence-corrected chi connectivity index (χ0v) is 15.2. The van der Waals surface area contributed by atoms with Crippen LogP contribution in [0.15, 0.2) is 40.6 Å². The van der Waals surface area contributed by atoms with Crippen LogP contribution in [0.4, 0.5) is 4.39 Å². The number of nitrogens with zero attached hydrogens (tertiary/aromatic N) is 1. The lowest BCUT2D eigenvalue weighted by Crippen LogP contribution is -2.31. The van der Waals surface area contributed by atoms with E-state index >= 15 is 0 Å². The SMILES string of the molecule is O=C(NCCc1cccc(F)c1)c1sccc1S(=O)(=O)N1CCCC1. The Morgan fingerprint density at radius 2 is 2.00 bits per heavy atom. The van der Waals surface area contributed by atoms with Crippen molar-refractivity contribution in [2.75, 3.05) is 19.6 Å². The molecule has 0 atom stereocenters. The topological polar surface area (TPSA) is 66.5 Å². The van der Waals surface area contributed by atoms with E-state index in [2.05, 4.69) is 5.32 Å². The minimum Gasteiger partial charge on any atom is -0.351 e. The molecule has 1 saturated heterocycles. The number of amides is 1. The molecule has 0 spiro atoms. The summed E-state index contributed by atoms with van der Waals surface area (Å²) in [4.78, 5) is 12.7. The third-order valence-electron chi connectivity index (χ3n) is 4.11. The average Bonchev–Trinajstić information content (AvgIpc) is 3.27. The molecule has 0 unspecified atom stereocenters. The molecule has 134 valence electrons.